The van der Waals surface area contributed by atoms with Crippen molar-refractivity contribution in [2.24, 2.45) is 0 Å². The van der Waals surface area contributed by atoms with Crippen LogP contribution in [0.1, 0.15) is 5.56 Å². The number of hydrogen-bond acceptors (Lipinski definition) is 7. The van der Waals surface area contributed by atoms with Gasteiger partial charge in [-0.05, 0) is 17.7 Å². The molecule has 8 nitrogen and oxygen atoms in total. The van der Waals surface area contributed by atoms with Gasteiger partial charge in [-0.2, -0.15) is 10.1 Å². The summed E-state index contributed by atoms with van der Waals surface area (Å²) in [5, 5.41) is 10.2. The van der Waals surface area contributed by atoms with Crippen LogP contribution in [0.3, 0.4) is 0 Å². The number of benzene rings is 1. The van der Waals surface area contributed by atoms with Crippen molar-refractivity contribution in [1.29, 1.82) is 0 Å². The maximum atomic E-state index is 12.1. The minimum absolute atomic E-state index is 0.210. The number of hydrogen-bond donors (Lipinski definition) is 4. The van der Waals surface area contributed by atoms with Gasteiger partial charge in [-0.25, -0.2) is 5.10 Å². The van der Waals surface area contributed by atoms with Gasteiger partial charge in [0.15, 0.2) is 8.38 Å². The first kappa shape index (κ1) is 16.3. The molecule has 0 amide bonds. The maximum Gasteiger partial charge on any atom is 0.275 e. The van der Waals surface area contributed by atoms with Crippen LogP contribution in [0.5, 0.6) is 5.88 Å². The molecule has 1 aromatic carbocycles. The van der Waals surface area contributed by atoms with Gasteiger partial charge < -0.3 is 19.8 Å². The second-order valence-corrected chi connectivity index (χ2v) is 6.09. The zero-order valence-electron chi connectivity index (χ0n) is 12.7. The maximum absolute atomic E-state index is 12.1. The molecule has 2 aromatic heterocycles. The third-order valence-electron chi connectivity index (χ3n) is 3.37. The van der Waals surface area contributed by atoms with Crippen LogP contribution in [0.15, 0.2) is 41.3 Å². The standard InChI is InChI=1S/C15H15N4O4P/c1-23-12-6-10-7-16-19-15(20)13(10)14(18-12)17-11-4-2-9(3-5-11)8-24(21)22/h2-7,21-22H,8H2,1H3,(H,17,18)(H,19,20). The number of H-pyrrole nitrogens is 1. The van der Waals surface area contributed by atoms with E-state index in [4.69, 9.17) is 14.5 Å². The molecule has 0 aliphatic carbocycles. The number of nitrogens with one attached hydrogen (secondary N) is 2. The van der Waals surface area contributed by atoms with E-state index in [0.717, 1.165) is 5.56 Å². The first-order valence-corrected chi connectivity index (χ1v) is 8.44. The molecule has 0 unspecified atom stereocenters. The molecule has 0 saturated carbocycles. The van der Waals surface area contributed by atoms with Gasteiger partial charge in [0.25, 0.3) is 5.56 Å². The molecule has 24 heavy (non-hydrogen) atoms. The molecule has 3 aromatic rings. The number of methoxy groups -OCH3 is 1. The summed E-state index contributed by atoms with van der Waals surface area (Å²) in [5.74, 6) is 0.715. The number of aromatic nitrogens is 3. The molecule has 0 aliphatic heterocycles. The molecule has 2 heterocycles. The third-order valence-corrected chi connectivity index (χ3v) is 4.02. The summed E-state index contributed by atoms with van der Waals surface area (Å²) < 4.78 is 5.16. The summed E-state index contributed by atoms with van der Waals surface area (Å²) in [6.07, 6.45) is 1.74. The number of anilines is 2. The van der Waals surface area contributed by atoms with Crippen LogP contribution in [-0.4, -0.2) is 32.1 Å². The van der Waals surface area contributed by atoms with Crippen molar-refractivity contribution in [2.45, 2.75) is 6.16 Å². The van der Waals surface area contributed by atoms with E-state index >= 15 is 0 Å². The first-order valence-electron chi connectivity index (χ1n) is 7.00. The smallest absolute Gasteiger partial charge is 0.275 e. The Kier molecular flexibility index (Phi) is 4.71. The van der Waals surface area contributed by atoms with Crippen LogP contribution in [0, 0.1) is 0 Å². The van der Waals surface area contributed by atoms with Gasteiger partial charge in [0.1, 0.15) is 5.82 Å². The molecule has 124 valence electrons. The summed E-state index contributed by atoms with van der Waals surface area (Å²) in [7, 11) is -0.475. The van der Waals surface area contributed by atoms with Gasteiger partial charge in [-0.1, -0.05) is 12.1 Å². The SMILES string of the molecule is COc1cc2cn[nH]c(=O)c2c(Nc2ccc(CP(O)O)cc2)n1. The minimum atomic E-state index is -1.97. The highest BCUT2D eigenvalue weighted by Crippen LogP contribution is 2.30. The number of nitrogens with zero attached hydrogens (tertiary/aromatic N) is 2. The quantitative estimate of drug-likeness (QED) is 0.520. The fourth-order valence-corrected chi connectivity index (χ4v) is 2.82. The molecule has 0 aliphatic rings. The van der Waals surface area contributed by atoms with Crippen molar-refractivity contribution in [1.82, 2.24) is 15.2 Å². The third kappa shape index (κ3) is 3.51. The molecule has 4 N–H and O–H groups in total. The minimum Gasteiger partial charge on any atom is -0.481 e. The van der Waals surface area contributed by atoms with Gasteiger partial charge in [0.05, 0.1) is 18.7 Å². The Morgan fingerprint density at radius 2 is 2.04 bits per heavy atom. The Labute approximate surface area is 138 Å². The van der Waals surface area contributed by atoms with Crippen molar-refractivity contribution in [3.05, 3.63) is 52.4 Å². The summed E-state index contributed by atoms with van der Waals surface area (Å²) in [5.41, 5.74) is 1.16. The molecule has 0 fully saturated rings. The fraction of sp³-hybridized carbons (Fsp3) is 0.133. The van der Waals surface area contributed by atoms with Gasteiger partial charge in [0, 0.05) is 23.3 Å². The molecule has 0 saturated heterocycles. The van der Waals surface area contributed by atoms with E-state index in [1.807, 2.05) is 0 Å². The van der Waals surface area contributed by atoms with Gasteiger partial charge in [-0.3, -0.25) is 4.79 Å². The van der Waals surface area contributed by atoms with Crippen LogP contribution in [0.25, 0.3) is 10.8 Å². The lowest BCUT2D eigenvalue weighted by Gasteiger charge is -2.11. The number of ether oxygens (including phenoxy) is 1. The first-order chi connectivity index (χ1) is 11.6. The molecule has 0 atom stereocenters. The van der Waals surface area contributed by atoms with E-state index in [2.05, 4.69) is 20.5 Å². The average Bonchev–Trinajstić information content (AvgIpc) is 2.56. The summed E-state index contributed by atoms with van der Waals surface area (Å²) in [6, 6.07) is 8.74. The molecular formula is C15H15N4O4P. The van der Waals surface area contributed by atoms with Crippen molar-refractivity contribution < 1.29 is 14.5 Å². The van der Waals surface area contributed by atoms with Crippen LogP contribution in [0.2, 0.25) is 0 Å². The van der Waals surface area contributed by atoms with E-state index in [1.54, 1.807) is 30.3 Å². The second-order valence-electron chi connectivity index (χ2n) is 5.03. The van der Waals surface area contributed by atoms with Crippen molar-refractivity contribution in [2.75, 3.05) is 12.4 Å². The van der Waals surface area contributed by atoms with Crippen molar-refractivity contribution in [3.63, 3.8) is 0 Å². The van der Waals surface area contributed by atoms with Crippen LogP contribution >= 0.6 is 8.38 Å². The summed E-state index contributed by atoms with van der Waals surface area (Å²) in [4.78, 5) is 34.5. The zero-order valence-corrected chi connectivity index (χ0v) is 13.6. The molecule has 9 heteroatoms. The Hall–Kier alpha value is -2.54. The summed E-state index contributed by atoms with van der Waals surface area (Å²) in [6.45, 7) is 0. The normalized spacial score (nSPS) is 11.0. The van der Waals surface area contributed by atoms with Gasteiger partial charge >= 0.3 is 0 Å². The lowest BCUT2D eigenvalue weighted by molar-refractivity contribution is 0.399. The van der Waals surface area contributed by atoms with Crippen molar-refractivity contribution >= 4 is 30.7 Å². The number of pyridine rings is 1. The van der Waals surface area contributed by atoms with Crippen molar-refractivity contribution in [3.8, 4) is 5.88 Å². The largest absolute Gasteiger partial charge is 0.481 e. The highest BCUT2D eigenvalue weighted by atomic mass is 31.2. The molecular weight excluding hydrogens is 331 g/mol. The van der Waals surface area contributed by atoms with Crippen LogP contribution < -0.4 is 15.6 Å². The number of fused-ring (bicyclic) bond motifs is 1. The Bertz CT molecular complexity index is 911. The van der Waals surface area contributed by atoms with Crippen LogP contribution in [-0.2, 0) is 6.16 Å². The highest BCUT2D eigenvalue weighted by Gasteiger charge is 2.11. The molecule has 3 rings (SSSR count). The predicted octanol–water partition coefficient (Wildman–Crippen LogP) is 1.87. The predicted molar refractivity (Wildman–Crippen MR) is 91.5 cm³/mol. The second kappa shape index (κ2) is 6.92. The summed E-state index contributed by atoms with van der Waals surface area (Å²) >= 11 is 0. The van der Waals surface area contributed by atoms with Crippen LogP contribution in [0.4, 0.5) is 11.5 Å². The molecule has 0 radical (unpaired) electrons. The number of rotatable bonds is 5. The topological polar surface area (TPSA) is 120 Å². The Morgan fingerprint density at radius 3 is 2.71 bits per heavy atom. The monoisotopic (exact) mass is 346 g/mol. The molecule has 0 bridgehead atoms. The van der Waals surface area contributed by atoms with E-state index < -0.39 is 8.38 Å². The van der Waals surface area contributed by atoms with E-state index in [0.29, 0.717) is 28.2 Å². The Balaban J connectivity index is 1.98. The average molecular weight is 346 g/mol. The zero-order chi connectivity index (χ0) is 17.1. The lowest BCUT2D eigenvalue weighted by atomic mass is 10.2. The fourth-order valence-electron chi connectivity index (χ4n) is 2.29. The lowest BCUT2D eigenvalue weighted by Crippen LogP contribution is -2.11. The van der Waals surface area contributed by atoms with E-state index in [1.165, 1.54) is 13.3 Å². The van der Waals surface area contributed by atoms with Gasteiger partial charge in [0.2, 0.25) is 5.88 Å². The van der Waals surface area contributed by atoms with Gasteiger partial charge in [-0.15, -0.1) is 0 Å². The highest BCUT2D eigenvalue weighted by molar-refractivity contribution is 7.44. The Morgan fingerprint density at radius 1 is 1.29 bits per heavy atom. The van der Waals surface area contributed by atoms with E-state index in [-0.39, 0.29) is 11.7 Å². The molecule has 0 spiro atoms. The number of aromatic amines is 1. The van der Waals surface area contributed by atoms with E-state index in [9.17, 15) is 4.79 Å².